The summed E-state index contributed by atoms with van der Waals surface area (Å²) >= 11 is 4.39. The highest BCUT2D eigenvalue weighted by Gasteiger charge is 2.15. The van der Waals surface area contributed by atoms with Gasteiger partial charge < -0.3 is 4.74 Å². The molecule has 0 saturated heterocycles. The maximum Gasteiger partial charge on any atom is 0.119 e. The first kappa shape index (κ1) is 17.6. The Morgan fingerprint density at radius 2 is 1.64 bits per heavy atom. The fraction of sp³-hybridized carbons (Fsp3) is 0.227. The molecule has 0 aliphatic carbocycles. The Labute approximate surface area is 155 Å². The molecule has 2 aromatic carbocycles. The van der Waals surface area contributed by atoms with Crippen molar-refractivity contribution in [1.82, 2.24) is 4.98 Å². The van der Waals surface area contributed by atoms with E-state index in [1.807, 2.05) is 18.3 Å². The number of methoxy groups -OCH3 is 1. The number of pyridine rings is 1. The molecule has 0 N–H and O–H groups in total. The molecule has 0 unspecified atom stereocenters. The van der Waals surface area contributed by atoms with Crippen LogP contribution in [0.25, 0.3) is 22.4 Å². The van der Waals surface area contributed by atoms with Crippen LogP contribution in [0.2, 0.25) is 0 Å². The summed E-state index contributed by atoms with van der Waals surface area (Å²) < 4.78 is 5.48. The lowest BCUT2D eigenvalue weighted by Gasteiger charge is -2.17. The molecule has 3 rings (SSSR count). The maximum atomic E-state index is 5.48. The Morgan fingerprint density at radius 3 is 2.28 bits per heavy atom. The number of benzene rings is 2. The van der Waals surface area contributed by atoms with Crippen molar-refractivity contribution < 1.29 is 4.74 Å². The van der Waals surface area contributed by atoms with E-state index >= 15 is 0 Å². The number of nitrogens with zero attached hydrogens (tertiary/aromatic N) is 1. The van der Waals surface area contributed by atoms with Gasteiger partial charge in [-0.2, -0.15) is 12.6 Å². The Kier molecular flexibility index (Phi) is 5.14. The molecular formula is C22H23NOS. The number of thiol groups is 1. The van der Waals surface area contributed by atoms with E-state index in [0.717, 1.165) is 28.1 Å². The summed E-state index contributed by atoms with van der Waals surface area (Å²) in [5.74, 6) is 1.55. The SMILES string of the molecule is COc1ccc(-c2cc(CS)ccn2)c(-c2c(C)cc(C)cc2C)c1. The lowest BCUT2D eigenvalue weighted by molar-refractivity contribution is 0.415. The van der Waals surface area contributed by atoms with Crippen molar-refractivity contribution >= 4 is 12.6 Å². The average molecular weight is 349 g/mol. The van der Waals surface area contributed by atoms with Crippen molar-refractivity contribution in [3.63, 3.8) is 0 Å². The van der Waals surface area contributed by atoms with Gasteiger partial charge in [0.15, 0.2) is 0 Å². The lowest BCUT2D eigenvalue weighted by atomic mass is 9.89. The fourth-order valence-electron chi connectivity index (χ4n) is 3.41. The highest BCUT2D eigenvalue weighted by atomic mass is 32.1. The number of aromatic nitrogens is 1. The molecule has 0 spiro atoms. The Bertz CT molecular complexity index is 895. The van der Waals surface area contributed by atoms with Gasteiger partial charge in [0.25, 0.3) is 0 Å². The standard InChI is InChI=1S/C22H23NOS/c1-14-9-15(2)22(16(3)10-14)20-12-18(24-4)5-6-19(20)21-11-17(13-25)7-8-23-21/h5-12,25H,13H2,1-4H3. The van der Waals surface area contributed by atoms with Crippen LogP contribution in [-0.2, 0) is 5.75 Å². The zero-order valence-corrected chi connectivity index (χ0v) is 16.0. The lowest BCUT2D eigenvalue weighted by Crippen LogP contribution is -1.96. The van der Waals surface area contributed by atoms with Crippen LogP contribution in [0.15, 0.2) is 48.7 Å². The van der Waals surface area contributed by atoms with Crippen LogP contribution in [0.4, 0.5) is 0 Å². The van der Waals surface area contributed by atoms with Gasteiger partial charge in [-0.05, 0) is 78.9 Å². The quantitative estimate of drug-likeness (QED) is 0.603. The molecule has 0 bridgehead atoms. The van der Waals surface area contributed by atoms with E-state index in [4.69, 9.17) is 4.74 Å². The van der Waals surface area contributed by atoms with Gasteiger partial charge in [0.2, 0.25) is 0 Å². The molecule has 3 aromatic rings. The normalized spacial score (nSPS) is 10.8. The summed E-state index contributed by atoms with van der Waals surface area (Å²) in [6, 6.07) is 14.8. The minimum atomic E-state index is 0.698. The van der Waals surface area contributed by atoms with Crippen LogP contribution >= 0.6 is 12.6 Å². The molecule has 3 heteroatoms. The zero-order valence-electron chi connectivity index (χ0n) is 15.1. The van der Waals surface area contributed by atoms with Crippen molar-refractivity contribution in [3.8, 4) is 28.1 Å². The monoisotopic (exact) mass is 349 g/mol. The van der Waals surface area contributed by atoms with E-state index < -0.39 is 0 Å². The largest absolute Gasteiger partial charge is 0.497 e. The molecule has 0 amide bonds. The average Bonchev–Trinajstić information content (AvgIpc) is 2.60. The summed E-state index contributed by atoms with van der Waals surface area (Å²) in [6.07, 6.45) is 1.85. The van der Waals surface area contributed by atoms with Gasteiger partial charge in [0, 0.05) is 17.5 Å². The van der Waals surface area contributed by atoms with Crippen LogP contribution < -0.4 is 4.74 Å². The molecule has 0 aliphatic heterocycles. The predicted octanol–water partition coefficient (Wildman–Crippen LogP) is 5.78. The van der Waals surface area contributed by atoms with Crippen LogP contribution in [0, 0.1) is 20.8 Å². The van der Waals surface area contributed by atoms with Crippen molar-refractivity contribution in [1.29, 1.82) is 0 Å². The smallest absolute Gasteiger partial charge is 0.119 e. The Hall–Kier alpha value is -2.26. The van der Waals surface area contributed by atoms with Gasteiger partial charge in [-0.3, -0.25) is 4.98 Å². The Balaban J connectivity index is 2.28. The van der Waals surface area contributed by atoms with Gasteiger partial charge in [-0.1, -0.05) is 17.7 Å². The van der Waals surface area contributed by atoms with E-state index in [-0.39, 0.29) is 0 Å². The predicted molar refractivity (Wildman–Crippen MR) is 109 cm³/mol. The van der Waals surface area contributed by atoms with Crippen molar-refractivity contribution in [3.05, 3.63) is 70.9 Å². The fourth-order valence-corrected chi connectivity index (χ4v) is 3.60. The maximum absolute atomic E-state index is 5.48. The highest BCUT2D eigenvalue weighted by Crippen LogP contribution is 2.38. The summed E-state index contributed by atoms with van der Waals surface area (Å²) in [5, 5.41) is 0. The second-order valence-electron chi connectivity index (χ2n) is 6.39. The van der Waals surface area contributed by atoms with Gasteiger partial charge in [-0.25, -0.2) is 0 Å². The van der Waals surface area contributed by atoms with Crippen molar-refractivity contribution in [2.45, 2.75) is 26.5 Å². The van der Waals surface area contributed by atoms with Crippen LogP contribution in [0.1, 0.15) is 22.3 Å². The third-order valence-electron chi connectivity index (χ3n) is 4.46. The summed E-state index contributed by atoms with van der Waals surface area (Å²) in [4.78, 5) is 4.60. The van der Waals surface area contributed by atoms with E-state index in [1.54, 1.807) is 7.11 Å². The first-order valence-electron chi connectivity index (χ1n) is 8.36. The van der Waals surface area contributed by atoms with E-state index in [0.29, 0.717) is 5.75 Å². The third-order valence-corrected chi connectivity index (χ3v) is 4.82. The molecule has 2 nitrogen and oxygen atoms in total. The minimum Gasteiger partial charge on any atom is -0.497 e. The summed E-state index contributed by atoms with van der Waals surface area (Å²) in [6.45, 7) is 6.46. The first-order valence-corrected chi connectivity index (χ1v) is 8.99. The molecule has 0 aliphatic rings. The van der Waals surface area contributed by atoms with Crippen LogP contribution in [-0.4, -0.2) is 12.1 Å². The number of ether oxygens (including phenoxy) is 1. The highest BCUT2D eigenvalue weighted by molar-refractivity contribution is 7.79. The summed E-state index contributed by atoms with van der Waals surface area (Å²) in [5.41, 5.74) is 9.43. The number of rotatable bonds is 4. The Morgan fingerprint density at radius 1 is 0.920 bits per heavy atom. The first-order chi connectivity index (χ1) is 12.0. The molecule has 0 fully saturated rings. The second kappa shape index (κ2) is 7.32. The molecule has 0 saturated carbocycles. The van der Waals surface area contributed by atoms with Crippen molar-refractivity contribution in [2.24, 2.45) is 0 Å². The van der Waals surface area contributed by atoms with E-state index in [2.05, 4.69) is 68.7 Å². The van der Waals surface area contributed by atoms with Gasteiger partial charge in [-0.15, -0.1) is 0 Å². The molecule has 0 radical (unpaired) electrons. The van der Waals surface area contributed by atoms with Gasteiger partial charge in [0.05, 0.1) is 12.8 Å². The molecular weight excluding hydrogens is 326 g/mol. The number of hydrogen-bond donors (Lipinski definition) is 1. The van der Waals surface area contributed by atoms with Crippen LogP contribution in [0.5, 0.6) is 5.75 Å². The van der Waals surface area contributed by atoms with Crippen molar-refractivity contribution in [2.75, 3.05) is 7.11 Å². The molecule has 1 aromatic heterocycles. The zero-order chi connectivity index (χ0) is 18.0. The van der Waals surface area contributed by atoms with Gasteiger partial charge in [0.1, 0.15) is 5.75 Å². The van der Waals surface area contributed by atoms with Crippen LogP contribution in [0.3, 0.4) is 0 Å². The molecule has 25 heavy (non-hydrogen) atoms. The van der Waals surface area contributed by atoms with E-state index in [1.165, 1.54) is 22.3 Å². The van der Waals surface area contributed by atoms with Gasteiger partial charge >= 0.3 is 0 Å². The second-order valence-corrected chi connectivity index (χ2v) is 6.71. The third kappa shape index (κ3) is 3.57. The molecule has 0 atom stereocenters. The number of hydrogen-bond acceptors (Lipinski definition) is 3. The molecule has 1 heterocycles. The topological polar surface area (TPSA) is 22.1 Å². The molecule has 128 valence electrons. The minimum absolute atomic E-state index is 0.698. The summed E-state index contributed by atoms with van der Waals surface area (Å²) in [7, 11) is 1.70. The number of aryl methyl sites for hydroxylation is 3. The van der Waals surface area contributed by atoms with E-state index in [9.17, 15) is 0 Å².